The van der Waals surface area contributed by atoms with Crippen LogP contribution in [0.5, 0.6) is 0 Å². The zero-order valence-corrected chi connectivity index (χ0v) is 14.3. The third-order valence-corrected chi connectivity index (χ3v) is 4.76. The fourth-order valence-corrected chi connectivity index (χ4v) is 3.27. The molecule has 0 fully saturated rings. The monoisotopic (exact) mass is 345 g/mol. The van der Waals surface area contributed by atoms with Gasteiger partial charge in [-0.1, -0.05) is 47.4 Å². The first-order valence-electron chi connectivity index (χ1n) is 6.52. The van der Waals surface area contributed by atoms with Gasteiger partial charge in [-0.05, 0) is 44.6 Å². The molecule has 1 aromatic rings. The van der Waals surface area contributed by atoms with E-state index in [9.17, 15) is 4.79 Å². The number of hydrogen-bond acceptors (Lipinski definition) is 2. The number of benzene rings is 1. The predicted molar refractivity (Wildman–Crippen MR) is 84.9 cm³/mol. The maximum Gasteiger partial charge on any atom is 0.157 e. The minimum absolute atomic E-state index is 0.228. The van der Waals surface area contributed by atoms with Crippen LogP contribution >= 0.6 is 27.5 Å². The summed E-state index contributed by atoms with van der Waals surface area (Å²) in [5.74, 6) is 0.228. The Morgan fingerprint density at radius 1 is 1.32 bits per heavy atom. The number of likely N-dealkylation sites (N-methyl/N-ethyl adjacent to an activating group) is 1. The van der Waals surface area contributed by atoms with Crippen LogP contribution in [-0.2, 0) is 11.2 Å². The van der Waals surface area contributed by atoms with Gasteiger partial charge in [-0.3, -0.25) is 9.69 Å². The Labute approximate surface area is 129 Å². The summed E-state index contributed by atoms with van der Waals surface area (Å²) in [6, 6.07) is 5.67. The molecule has 2 nitrogen and oxygen atoms in total. The summed E-state index contributed by atoms with van der Waals surface area (Å²) in [7, 11) is 3.93. The van der Waals surface area contributed by atoms with Gasteiger partial charge in [0.25, 0.3) is 0 Å². The minimum Gasteiger partial charge on any atom is -0.297 e. The number of ketones is 1. The van der Waals surface area contributed by atoms with Crippen LogP contribution in [0.15, 0.2) is 22.7 Å². The minimum atomic E-state index is -0.392. The lowest BCUT2D eigenvalue weighted by Gasteiger charge is -2.37. The molecule has 4 heteroatoms. The largest absolute Gasteiger partial charge is 0.297 e. The van der Waals surface area contributed by atoms with Gasteiger partial charge in [0, 0.05) is 15.9 Å². The summed E-state index contributed by atoms with van der Waals surface area (Å²) in [6.07, 6.45) is 2.00. The average Bonchev–Trinajstić information content (AvgIpc) is 2.34. The Morgan fingerprint density at radius 2 is 1.89 bits per heavy atom. The van der Waals surface area contributed by atoms with Crippen molar-refractivity contribution in [1.29, 1.82) is 0 Å². The van der Waals surface area contributed by atoms with Crippen molar-refractivity contribution in [1.82, 2.24) is 4.90 Å². The molecule has 1 aromatic carbocycles. The van der Waals surface area contributed by atoms with E-state index in [0.29, 0.717) is 11.4 Å². The Balaban J connectivity index is 3.00. The molecule has 0 aromatic heterocycles. The first-order valence-corrected chi connectivity index (χ1v) is 7.69. The highest BCUT2D eigenvalue weighted by Gasteiger charge is 2.36. The summed E-state index contributed by atoms with van der Waals surface area (Å²) < 4.78 is 0.929. The van der Waals surface area contributed by atoms with Gasteiger partial charge in [0.1, 0.15) is 0 Å². The zero-order chi connectivity index (χ0) is 14.6. The van der Waals surface area contributed by atoms with Crippen molar-refractivity contribution >= 4 is 33.3 Å². The van der Waals surface area contributed by atoms with Crippen LogP contribution in [-0.4, -0.2) is 30.3 Å². The first-order chi connectivity index (χ1) is 8.87. The standard InChI is InChI=1S/C15H21BrClNO/c1-5-15(6-2,18(3)4)14(19)9-11-7-8-12(16)10-13(11)17/h7-8,10H,5-6,9H2,1-4H3. The van der Waals surface area contributed by atoms with E-state index in [-0.39, 0.29) is 5.78 Å². The van der Waals surface area contributed by atoms with Crippen molar-refractivity contribution < 1.29 is 4.79 Å². The molecule has 0 aliphatic rings. The molecular weight excluding hydrogens is 326 g/mol. The number of rotatable bonds is 6. The molecule has 0 heterocycles. The van der Waals surface area contributed by atoms with E-state index in [1.54, 1.807) is 0 Å². The van der Waals surface area contributed by atoms with E-state index in [4.69, 9.17) is 11.6 Å². The van der Waals surface area contributed by atoms with E-state index in [1.165, 1.54) is 0 Å². The fourth-order valence-electron chi connectivity index (χ4n) is 2.53. The predicted octanol–water partition coefficient (Wildman–Crippen LogP) is 4.33. The summed E-state index contributed by atoms with van der Waals surface area (Å²) in [6.45, 7) is 4.12. The molecule has 0 amide bonds. The average molecular weight is 347 g/mol. The van der Waals surface area contributed by atoms with Crippen LogP contribution < -0.4 is 0 Å². The molecule has 0 unspecified atom stereocenters. The Bertz CT molecular complexity index is 455. The second kappa shape index (κ2) is 6.87. The second-order valence-corrected chi connectivity index (χ2v) is 6.29. The lowest BCUT2D eigenvalue weighted by molar-refractivity contribution is -0.129. The van der Waals surface area contributed by atoms with E-state index in [2.05, 4.69) is 29.8 Å². The maximum atomic E-state index is 12.7. The van der Waals surface area contributed by atoms with Crippen LogP contribution in [0.3, 0.4) is 0 Å². The van der Waals surface area contributed by atoms with Crippen molar-refractivity contribution in [2.45, 2.75) is 38.6 Å². The Morgan fingerprint density at radius 3 is 2.32 bits per heavy atom. The molecule has 1 rings (SSSR count). The molecule has 0 N–H and O–H groups in total. The van der Waals surface area contributed by atoms with Crippen molar-refractivity contribution in [3.8, 4) is 0 Å². The SMILES string of the molecule is CCC(CC)(C(=O)Cc1ccc(Br)cc1Cl)N(C)C. The van der Waals surface area contributed by atoms with Crippen molar-refractivity contribution in [2.24, 2.45) is 0 Å². The van der Waals surface area contributed by atoms with Crippen molar-refractivity contribution in [3.05, 3.63) is 33.3 Å². The molecule has 19 heavy (non-hydrogen) atoms. The third-order valence-electron chi connectivity index (χ3n) is 3.91. The lowest BCUT2D eigenvalue weighted by Crippen LogP contribution is -2.51. The highest BCUT2D eigenvalue weighted by Crippen LogP contribution is 2.27. The molecule has 0 saturated carbocycles. The van der Waals surface area contributed by atoms with E-state index in [1.807, 2.05) is 37.2 Å². The molecule has 0 spiro atoms. The molecule has 0 radical (unpaired) electrons. The van der Waals surface area contributed by atoms with Gasteiger partial charge in [0.05, 0.1) is 5.54 Å². The molecule has 0 aliphatic heterocycles. The van der Waals surface area contributed by atoms with Gasteiger partial charge in [0.15, 0.2) is 5.78 Å². The molecular formula is C15H21BrClNO. The third kappa shape index (κ3) is 3.59. The topological polar surface area (TPSA) is 20.3 Å². The van der Waals surface area contributed by atoms with Crippen molar-refractivity contribution in [2.75, 3.05) is 14.1 Å². The number of hydrogen-bond donors (Lipinski definition) is 0. The maximum absolute atomic E-state index is 12.7. The second-order valence-electron chi connectivity index (χ2n) is 4.97. The van der Waals surface area contributed by atoms with Crippen LogP contribution in [0.25, 0.3) is 0 Å². The molecule has 106 valence electrons. The van der Waals surface area contributed by atoms with E-state index in [0.717, 1.165) is 22.9 Å². The molecule has 0 saturated heterocycles. The van der Waals surface area contributed by atoms with Gasteiger partial charge in [-0.15, -0.1) is 0 Å². The summed E-state index contributed by atoms with van der Waals surface area (Å²) >= 11 is 9.57. The summed E-state index contributed by atoms with van der Waals surface area (Å²) in [4.78, 5) is 14.7. The Kier molecular flexibility index (Phi) is 6.03. The number of halogens is 2. The van der Waals surface area contributed by atoms with E-state index >= 15 is 0 Å². The highest BCUT2D eigenvalue weighted by molar-refractivity contribution is 9.10. The highest BCUT2D eigenvalue weighted by atomic mass is 79.9. The van der Waals surface area contributed by atoms with Crippen LogP contribution in [0.1, 0.15) is 32.3 Å². The lowest BCUT2D eigenvalue weighted by atomic mass is 9.83. The molecule has 0 atom stereocenters. The van der Waals surface area contributed by atoms with Gasteiger partial charge in [-0.25, -0.2) is 0 Å². The van der Waals surface area contributed by atoms with Gasteiger partial charge in [-0.2, -0.15) is 0 Å². The van der Waals surface area contributed by atoms with Crippen LogP contribution in [0.2, 0.25) is 5.02 Å². The summed E-state index contributed by atoms with van der Waals surface area (Å²) in [5.41, 5.74) is 0.499. The normalized spacial score (nSPS) is 11.9. The van der Waals surface area contributed by atoms with Crippen molar-refractivity contribution in [3.63, 3.8) is 0 Å². The number of nitrogens with zero attached hydrogens (tertiary/aromatic N) is 1. The molecule has 0 aliphatic carbocycles. The zero-order valence-electron chi connectivity index (χ0n) is 12.0. The Hall–Kier alpha value is -0.380. The smallest absolute Gasteiger partial charge is 0.157 e. The number of Topliss-reactive ketones (excluding diaryl/α,β-unsaturated/α-hetero) is 1. The van der Waals surface area contributed by atoms with Crippen LogP contribution in [0, 0.1) is 0 Å². The van der Waals surface area contributed by atoms with Crippen LogP contribution in [0.4, 0.5) is 0 Å². The van der Waals surface area contributed by atoms with Gasteiger partial charge in [0.2, 0.25) is 0 Å². The molecule has 0 bridgehead atoms. The quantitative estimate of drug-likeness (QED) is 0.764. The van der Waals surface area contributed by atoms with E-state index < -0.39 is 5.54 Å². The number of carbonyl (C=O) groups excluding carboxylic acids is 1. The summed E-state index contributed by atoms with van der Waals surface area (Å²) in [5, 5.41) is 0.641. The number of carbonyl (C=O) groups is 1. The fraction of sp³-hybridized carbons (Fsp3) is 0.533. The van der Waals surface area contributed by atoms with Gasteiger partial charge < -0.3 is 0 Å². The van der Waals surface area contributed by atoms with Gasteiger partial charge >= 0.3 is 0 Å². The first kappa shape index (κ1) is 16.7.